The lowest BCUT2D eigenvalue weighted by molar-refractivity contribution is 0.0947. The van der Waals surface area contributed by atoms with Crippen LogP contribution in [0.3, 0.4) is 0 Å². The number of rotatable bonds is 7. The number of carbonyl (C=O) groups is 2. The minimum Gasteiger partial charge on any atom is -0.467 e. The summed E-state index contributed by atoms with van der Waals surface area (Å²) in [6.45, 7) is 1.63. The van der Waals surface area contributed by atoms with Gasteiger partial charge in [-0.05, 0) is 61.5 Å². The largest absolute Gasteiger partial charge is 0.467 e. The zero-order valence-corrected chi connectivity index (χ0v) is 15.8. The van der Waals surface area contributed by atoms with Crippen molar-refractivity contribution in [3.05, 3.63) is 83.8 Å². The third kappa shape index (κ3) is 4.66. The van der Waals surface area contributed by atoms with Gasteiger partial charge in [-0.15, -0.1) is 0 Å². The second-order valence-corrected chi connectivity index (χ2v) is 7.71. The fourth-order valence-electron chi connectivity index (χ4n) is 2.47. The molecule has 0 bridgehead atoms. The first-order valence-electron chi connectivity index (χ1n) is 8.39. The quantitative estimate of drug-likeness (QED) is 0.595. The molecule has 0 aliphatic rings. The SMILES string of the molecule is CC(=O)c1ccc(NS(=O)(=O)c2cccc(C(=O)NCc3ccco3)c2)cc1. The van der Waals surface area contributed by atoms with Crippen molar-refractivity contribution >= 4 is 27.4 Å². The van der Waals surface area contributed by atoms with Gasteiger partial charge in [0.15, 0.2) is 5.78 Å². The van der Waals surface area contributed by atoms with Crippen molar-refractivity contribution in [3.8, 4) is 0 Å². The van der Waals surface area contributed by atoms with Gasteiger partial charge in [0.05, 0.1) is 17.7 Å². The van der Waals surface area contributed by atoms with Gasteiger partial charge in [0.2, 0.25) is 0 Å². The predicted molar refractivity (Wildman–Crippen MR) is 104 cm³/mol. The molecule has 0 atom stereocenters. The molecular weight excluding hydrogens is 380 g/mol. The number of benzene rings is 2. The first-order chi connectivity index (χ1) is 13.3. The van der Waals surface area contributed by atoms with E-state index in [2.05, 4.69) is 10.0 Å². The smallest absolute Gasteiger partial charge is 0.261 e. The molecule has 2 N–H and O–H groups in total. The molecule has 8 heteroatoms. The molecule has 0 spiro atoms. The van der Waals surface area contributed by atoms with Crippen molar-refractivity contribution in [3.63, 3.8) is 0 Å². The van der Waals surface area contributed by atoms with E-state index < -0.39 is 15.9 Å². The second kappa shape index (κ2) is 8.10. The Bertz CT molecular complexity index is 1090. The van der Waals surface area contributed by atoms with Crippen molar-refractivity contribution < 1.29 is 22.4 Å². The van der Waals surface area contributed by atoms with E-state index in [1.807, 2.05) is 0 Å². The van der Waals surface area contributed by atoms with E-state index in [0.29, 0.717) is 17.0 Å². The number of Topliss-reactive ketones (excluding diaryl/α,β-unsaturated/α-hetero) is 1. The molecule has 3 rings (SSSR count). The van der Waals surface area contributed by atoms with E-state index in [4.69, 9.17) is 4.42 Å². The fraction of sp³-hybridized carbons (Fsp3) is 0.100. The normalized spacial score (nSPS) is 11.0. The maximum atomic E-state index is 12.6. The van der Waals surface area contributed by atoms with Crippen LogP contribution in [-0.4, -0.2) is 20.1 Å². The van der Waals surface area contributed by atoms with Crippen LogP contribution in [0, 0.1) is 0 Å². The highest BCUT2D eigenvalue weighted by Crippen LogP contribution is 2.18. The molecule has 7 nitrogen and oxygen atoms in total. The lowest BCUT2D eigenvalue weighted by Gasteiger charge is -2.10. The maximum Gasteiger partial charge on any atom is 0.261 e. The van der Waals surface area contributed by atoms with Crippen LogP contribution in [0.1, 0.15) is 33.4 Å². The van der Waals surface area contributed by atoms with Crippen molar-refractivity contribution in [2.45, 2.75) is 18.4 Å². The number of carbonyl (C=O) groups excluding carboxylic acids is 2. The second-order valence-electron chi connectivity index (χ2n) is 6.03. The molecular formula is C20H18N2O5S. The van der Waals surface area contributed by atoms with E-state index in [0.717, 1.165) is 0 Å². The Morgan fingerprint density at radius 1 is 0.964 bits per heavy atom. The van der Waals surface area contributed by atoms with Crippen LogP contribution in [0.2, 0.25) is 0 Å². The number of furan rings is 1. The molecule has 0 saturated heterocycles. The lowest BCUT2D eigenvalue weighted by Crippen LogP contribution is -2.23. The van der Waals surface area contributed by atoms with Gasteiger partial charge < -0.3 is 9.73 Å². The molecule has 0 unspecified atom stereocenters. The van der Waals surface area contributed by atoms with Crippen LogP contribution in [-0.2, 0) is 16.6 Å². The van der Waals surface area contributed by atoms with Crippen LogP contribution >= 0.6 is 0 Å². The molecule has 2 aromatic carbocycles. The molecule has 1 aromatic heterocycles. The fourth-order valence-corrected chi connectivity index (χ4v) is 3.58. The van der Waals surface area contributed by atoms with E-state index in [1.165, 1.54) is 49.6 Å². The van der Waals surface area contributed by atoms with Gasteiger partial charge in [-0.2, -0.15) is 0 Å². The molecule has 0 fully saturated rings. The number of sulfonamides is 1. The number of hydrogen-bond donors (Lipinski definition) is 2. The van der Waals surface area contributed by atoms with Crippen LogP contribution < -0.4 is 10.0 Å². The van der Waals surface area contributed by atoms with Crippen LogP contribution in [0.5, 0.6) is 0 Å². The zero-order chi connectivity index (χ0) is 20.1. The Balaban J connectivity index is 1.74. The van der Waals surface area contributed by atoms with Crippen LogP contribution in [0.25, 0.3) is 0 Å². The summed E-state index contributed by atoms with van der Waals surface area (Å²) < 4.78 is 32.8. The number of amides is 1. The summed E-state index contributed by atoms with van der Waals surface area (Å²) >= 11 is 0. The Labute approximate surface area is 162 Å². The van der Waals surface area contributed by atoms with E-state index in [9.17, 15) is 18.0 Å². The molecule has 0 saturated carbocycles. The van der Waals surface area contributed by atoms with E-state index in [1.54, 1.807) is 24.3 Å². The molecule has 0 radical (unpaired) electrons. The van der Waals surface area contributed by atoms with Gasteiger partial charge in [0.25, 0.3) is 15.9 Å². The summed E-state index contributed by atoms with van der Waals surface area (Å²) in [5, 5.41) is 2.67. The van der Waals surface area contributed by atoms with Crippen molar-refractivity contribution in [2.75, 3.05) is 4.72 Å². The van der Waals surface area contributed by atoms with E-state index >= 15 is 0 Å². The molecule has 0 aliphatic carbocycles. The number of ketones is 1. The molecule has 0 aliphatic heterocycles. The topological polar surface area (TPSA) is 105 Å². The number of hydrogen-bond acceptors (Lipinski definition) is 5. The standard InChI is InChI=1S/C20H18N2O5S/c1-14(23)15-7-9-17(10-8-15)22-28(25,26)19-6-2-4-16(12-19)20(24)21-13-18-5-3-11-27-18/h2-12,22H,13H2,1H3,(H,21,24). The van der Waals surface area contributed by atoms with Gasteiger partial charge >= 0.3 is 0 Å². The summed E-state index contributed by atoms with van der Waals surface area (Å²) in [4.78, 5) is 23.5. The summed E-state index contributed by atoms with van der Waals surface area (Å²) in [7, 11) is -3.89. The third-order valence-corrected chi connectivity index (χ3v) is 5.33. The minimum atomic E-state index is -3.89. The highest BCUT2D eigenvalue weighted by atomic mass is 32.2. The maximum absolute atomic E-state index is 12.6. The van der Waals surface area contributed by atoms with Crippen molar-refractivity contribution in [1.82, 2.24) is 5.32 Å². The van der Waals surface area contributed by atoms with Crippen molar-refractivity contribution in [1.29, 1.82) is 0 Å². The van der Waals surface area contributed by atoms with Crippen molar-refractivity contribution in [2.24, 2.45) is 0 Å². The minimum absolute atomic E-state index is 0.0474. The average molecular weight is 398 g/mol. The number of nitrogens with one attached hydrogen (secondary N) is 2. The molecule has 1 amide bonds. The lowest BCUT2D eigenvalue weighted by atomic mass is 10.1. The van der Waals surface area contributed by atoms with E-state index in [-0.39, 0.29) is 22.8 Å². The summed E-state index contributed by atoms with van der Waals surface area (Å²) in [6.07, 6.45) is 1.50. The van der Waals surface area contributed by atoms with Gasteiger partial charge in [0.1, 0.15) is 5.76 Å². The molecule has 144 valence electrons. The molecule has 3 aromatic rings. The summed E-state index contributed by atoms with van der Waals surface area (Å²) in [5.41, 5.74) is 1.01. The van der Waals surface area contributed by atoms with Gasteiger partial charge in [-0.3, -0.25) is 14.3 Å². The Hall–Kier alpha value is -3.39. The average Bonchev–Trinajstić information content (AvgIpc) is 3.20. The van der Waals surface area contributed by atoms with Crippen LogP contribution in [0.15, 0.2) is 76.2 Å². The summed E-state index contributed by atoms with van der Waals surface area (Å²) in [5.74, 6) is 0.0646. The highest BCUT2D eigenvalue weighted by molar-refractivity contribution is 7.92. The highest BCUT2D eigenvalue weighted by Gasteiger charge is 2.17. The number of anilines is 1. The molecule has 1 heterocycles. The van der Waals surface area contributed by atoms with Gasteiger partial charge in [-0.25, -0.2) is 8.42 Å². The Morgan fingerprint density at radius 2 is 1.71 bits per heavy atom. The Morgan fingerprint density at radius 3 is 2.36 bits per heavy atom. The summed E-state index contributed by atoms with van der Waals surface area (Å²) in [6, 6.07) is 15.2. The predicted octanol–water partition coefficient (Wildman–Crippen LogP) is 3.21. The molecule has 28 heavy (non-hydrogen) atoms. The van der Waals surface area contributed by atoms with Crippen LogP contribution in [0.4, 0.5) is 5.69 Å². The monoisotopic (exact) mass is 398 g/mol. The van der Waals surface area contributed by atoms with Gasteiger partial charge in [-0.1, -0.05) is 6.07 Å². The van der Waals surface area contributed by atoms with Gasteiger partial charge in [0, 0.05) is 16.8 Å². The zero-order valence-electron chi connectivity index (χ0n) is 15.0. The Kier molecular flexibility index (Phi) is 5.60. The first-order valence-corrected chi connectivity index (χ1v) is 9.88. The first kappa shape index (κ1) is 19.4. The third-order valence-electron chi connectivity index (χ3n) is 3.95.